The highest BCUT2D eigenvalue weighted by Gasteiger charge is 2.21. The summed E-state index contributed by atoms with van der Waals surface area (Å²) in [5.41, 5.74) is 1.27. The molecule has 0 aromatic carbocycles. The summed E-state index contributed by atoms with van der Waals surface area (Å²) in [4.78, 5) is 26.0. The molecule has 0 atom stereocenters. The van der Waals surface area contributed by atoms with E-state index in [4.69, 9.17) is 0 Å². The van der Waals surface area contributed by atoms with Crippen molar-refractivity contribution in [2.45, 2.75) is 13.8 Å². The lowest BCUT2D eigenvalue weighted by Crippen LogP contribution is -2.46. The maximum atomic E-state index is 10.8. The maximum Gasteiger partial charge on any atom is 0.209 e. The number of aryl methyl sites for hydroxylation is 2. The Hall–Kier alpha value is -1.69. The van der Waals surface area contributed by atoms with Crippen molar-refractivity contribution in [1.29, 1.82) is 0 Å². The maximum absolute atomic E-state index is 10.8. The molecule has 5 nitrogen and oxygen atoms in total. The van der Waals surface area contributed by atoms with Crippen LogP contribution in [0, 0.1) is 13.8 Å². The molecule has 1 aliphatic heterocycles. The van der Waals surface area contributed by atoms with Gasteiger partial charge in [0.05, 0.1) is 5.39 Å². The van der Waals surface area contributed by atoms with Crippen molar-refractivity contribution in [3.05, 3.63) is 16.8 Å². The summed E-state index contributed by atoms with van der Waals surface area (Å²) in [6.07, 6.45) is 2.56. The van der Waals surface area contributed by atoms with Gasteiger partial charge in [0.2, 0.25) is 6.41 Å². The fourth-order valence-electron chi connectivity index (χ4n) is 2.44. The minimum atomic E-state index is 0.761. The minimum Gasteiger partial charge on any atom is -0.352 e. The molecule has 100 valence electrons. The van der Waals surface area contributed by atoms with Crippen LogP contribution in [0.2, 0.25) is 0 Å². The van der Waals surface area contributed by atoms with E-state index < -0.39 is 0 Å². The first-order valence-corrected chi connectivity index (χ1v) is 7.17. The Bertz CT molecular complexity index is 616. The monoisotopic (exact) mass is 276 g/mol. The molecule has 0 aliphatic carbocycles. The second-order valence-electron chi connectivity index (χ2n) is 4.79. The van der Waals surface area contributed by atoms with Gasteiger partial charge >= 0.3 is 0 Å². The molecule has 2 aromatic rings. The topological polar surface area (TPSA) is 49.3 Å². The summed E-state index contributed by atoms with van der Waals surface area (Å²) in [5.74, 6) is 1.01. The zero-order valence-corrected chi connectivity index (χ0v) is 11.9. The van der Waals surface area contributed by atoms with Gasteiger partial charge in [-0.1, -0.05) is 0 Å². The van der Waals surface area contributed by atoms with Crippen LogP contribution in [0.5, 0.6) is 0 Å². The Morgan fingerprint density at radius 3 is 2.63 bits per heavy atom. The molecule has 0 radical (unpaired) electrons. The molecule has 1 fully saturated rings. The number of carbonyl (C=O) groups is 1. The van der Waals surface area contributed by atoms with E-state index in [2.05, 4.69) is 28.7 Å². The SMILES string of the molecule is Cc1sc2ncnc(N3CCN(C=O)CC3)c2c1C. The van der Waals surface area contributed by atoms with Crippen molar-refractivity contribution in [3.63, 3.8) is 0 Å². The fraction of sp³-hybridized carbons (Fsp3) is 0.462. The molecule has 1 amide bonds. The quantitative estimate of drug-likeness (QED) is 0.782. The standard InChI is InChI=1S/C13H16N4OS/c1-9-10(2)19-13-11(9)12(14-7-15-13)17-5-3-16(8-18)4-6-17/h7-8H,3-6H2,1-2H3. The van der Waals surface area contributed by atoms with Gasteiger partial charge in [0, 0.05) is 31.1 Å². The molecule has 0 spiro atoms. The van der Waals surface area contributed by atoms with Gasteiger partial charge in [-0.25, -0.2) is 9.97 Å². The fourth-order valence-corrected chi connectivity index (χ4v) is 3.43. The van der Waals surface area contributed by atoms with Crippen LogP contribution in [0.4, 0.5) is 5.82 Å². The zero-order chi connectivity index (χ0) is 13.4. The molecule has 0 bridgehead atoms. The third-order valence-corrected chi connectivity index (χ3v) is 4.82. The lowest BCUT2D eigenvalue weighted by Gasteiger charge is -2.33. The highest BCUT2D eigenvalue weighted by molar-refractivity contribution is 7.18. The summed E-state index contributed by atoms with van der Waals surface area (Å²) in [7, 11) is 0. The summed E-state index contributed by atoms with van der Waals surface area (Å²) >= 11 is 1.72. The van der Waals surface area contributed by atoms with Gasteiger partial charge in [-0.05, 0) is 19.4 Å². The Labute approximate surface area is 115 Å². The molecular weight excluding hydrogens is 260 g/mol. The van der Waals surface area contributed by atoms with Crippen molar-refractivity contribution in [2.75, 3.05) is 31.1 Å². The number of fused-ring (bicyclic) bond motifs is 1. The number of amides is 1. The summed E-state index contributed by atoms with van der Waals surface area (Å²) in [5, 5.41) is 1.17. The Morgan fingerprint density at radius 2 is 1.95 bits per heavy atom. The number of anilines is 1. The van der Waals surface area contributed by atoms with E-state index in [0.29, 0.717) is 0 Å². The first-order valence-electron chi connectivity index (χ1n) is 6.35. The predicted molar refractivity (Wildman–Crippen MR) is 76.7 cm³/mol. The van der Waals surface area contributed by atoms with Crippen molar-refractivity contribution in [1.82, 2.24) is 14.9 Å². The van der Waals surface area contributed by atoms with Gasteiger partial charge in [-0.15, -0.1) is 11.3 Å². The van der Waals surface area contributed by atoms with Crippen LogP contribution in [-0.4, -0.2) is 47.5 Å². The van der Waals surface area contributed by atoms with E-state index in [-0.39, 0.29) is 0 Å². The molecule has 6 heteroatoms. The average molecular weight is 276 g/mol. The lowest BCUT2D eigenvalue weighted by atomic mass is 10.2. The predicted octanol–water partition coefficient (Wildman–Crippen LogP) is 1.59. The van der Waals surface area contributed by atoms with Crippen molar-refractivity contribution < 1.29 is 4.79 Å². The molecule has 3 heterocycles. The number of hydrogen-bond donors (Lipinski definition) is 0. The summed E-state index contributed by atoms with van der Waals surface area (Å²) < 4.78 is 0. The van der Waals surface area contributed by atoms with Gasteiger partial charge in [0.25, 0.3) is 0 Å². The zero-order valence-electron chi connectivity index (χ0n) is 11.1. The van der Waals surface area contributed by atoms with E-state index in [1.807, 2.05) is 0 Å². The van der Waals surface area contributed by atoms with Crippen LogP contribution in [0.25, 0.3) is 10.2 Å². The number of thiophene rings is 1. The van der Waals surface area contributed by atoms with Crippen molar-refractivity contribution in [3.8, 4) is 0 Å². The number of carbonyl (C=O) groups excluding carboxylic acids is 1. The van der Waals surface area contributed by atoms with Crippen molar-refractivity contribution >= 4 is 33.8 Å². The third kappa shape index (κ3) is 2.06. The summed E-state index contributed by atoms with van der Waals surface area (Å²) in [6, 6.07) is 0. The first-order chi connectivity index (χ1) is 9.20. The number of piperazine rings is 1. The van der Waals surface area contributed by atoms with Crippen LogP contribution in [0.15, 0.2) is 6.33 Å². The second kappa shape index (κ2) is 4.77. The molecule has 1 saturated heterocycles. The van der Waals surface area contributed by atoms with Crippen LogP contribution < -0.4 is 4.90 Å². The van der Waals surface area contributed by atoms with E-state index in [9.17, 15) is 4.79 Å². The first kappa shape index (κ1) is 12.3. The third-order valence-electron chi connectivity index (χ3n) is 3.71. The number of rotatable bonds is 2. The smallest absolute Gasteiger partial charge is 0.209 e. The van der Waals surface area contributed by atoms with Gasteiger partial charge in [0.15, 0.2) is 0 Å². The highest BCUT2D eigenvalue weighted by Crippen LogP contribution is 2.34. The van der Waals surface area contributed by atoms with Gasteiger partial charge in [-0.3, -0.25) is 4.79 Å². The highest BCUT2D eigenvalue weighted by atomic mass is 32.1. The normalized spacial score (nSPS) is 16.1. The van der Waals surface area contributed by atoms with Gasteiger partial charge in [-0.2, -0.15) is 0 Å². The van der Waals surface area contributed by atoms with E-state index >= 15 is 0 Å². The Balaban J connectivity index is 1.99. The van der Waals surface area contributed by atoms with Gasteiger partial charge < -0.3 is 9.80 Å². The lowest BCUT2D eigenvalue weighted by molar-refractivity contribution is -0.118. The molecule has 19 heavy (non-hydrogen) atoms. The molecular formula is C13H16N4OS. The van der Waals surface area contributed by atoms with E-state index in [1.165, 1.54) is 15.8 Å². The van der Waals surface area contributed by atoms with Crippen LogP contribution >= 0.6 is 11.3 Å². The van der Waals surface area contributed by atoms with E-state index in [0.717, 1.165) is 43.2 Å². The van der Waals surface area contributed by atoms with Gasteiger partial charge in [0.1, 0.15) is 17.0 Å². The Kier molecular flexibility index (Phi) is 3.10. The minimum absolute atomic E-state index is 0.761. The van der Waals surface area contributed by atoms with Crippen LogP contribution in [0.1, 0.15) is 10.4 Å². The largest absolute Gasteiger partial charge is 0.352 e. The van der Waals surface area contributed by atoms with Crippen LogP contribution in [-0.2, 0) is 4.79 Å². The molecule has 0 saturated carbocycles. The molecule has 2 aromatic heterocycles. The number of hydrogen-bond acceptors (Lipinski definition) is 5. The average Bonchev–Trinajstić information content (AvgIpc) is 2.74. The molecule has 3 rings (SSSR count). The number of nitrogens with zero attached hydrogens (tertiary/aromatic N) is 4. The molecule has 0 unspecified atom stereocenters. The number of aromatic nitrogens is 2. The second-order valence-corrected chi connectivity index (χ2v) is 5.99. The summed E-state index contributed by atoms with van der Waals surface area (Å²) in [6.45, 7) is 7.44. The van der Waals surface area contributed by atoms with Crippen LogP contribution in [0.3, 0.4) is 0 Å². The molecule has 1 aliphatic rings. The Morgan fingerprint density at radius 1 is 1.21 bits per heavy atom. The molecule has 0 N–H and O–H groups in total. The van der Waals surface area contributed by atoms with E-state index in [1.54, 1.807) is 22.6 Å². The van der Waals surface area contributed by atoms with Crippen molar-refractivity contribution in [2.24, 2.45) is 0 Å².